The highest BCUT2D eigenvalue weighted by atomic mass is 32.1. The lowest BCUT2D eigenvalue weighted by atomic mass is 9.49. The van der Waals surface area contributed by atoms with E-state index in [1.165, 1.54) is 19.3 Å². The van der Waals surface area contributed by atoms with Crippen molar-refractivity contribution in [1.82, 2.24) is 15.5 Å². The minimum absolute atomic E-state index is 0.0777. The van der Waals surface area contributed by atoms with Crippen molar-refractivity contribution in [2.75, 3.05) is 6.54 Å². The molecular formula is C19H23N3O2S. The minimum atomic E-state index is -0.0777. The molecule has 4 saturated carbocycles. The molecule has 4 bridgehead atoms. The summed E-state index contributed by atoms with van der Waals surface area (Å²) in [6.45, 7) is 0.576. The third-order valence-corrected chi connectivity index (χ3v) is 7.20. The molecule has 132 valence electrons. The maximum atomic E-state index is 12.9. The van der Waals surface area contributed by atoms with E-state index in [9.17, 15) is 4.79 Å². The van der Waals surface area contributed by atoms with Gasteiger partial charge in [-0.15, -0.1) is 21.5 Å². The molecule has 0 aliphatic heterocycles. The number of nitrogens with one attached hydrogen (secondary N) is 1. The molecule has 1 amide bonds. The summed E-state index contributed by atoms with van der Waals surface area (Å²) < 4.78 is 5.70. The van der Waals surface area contributed by atoms with Gasteiger partial charge >= 0.3 is 0 Å². The van der Waals surface area contributed by atoms with Crippen LogP contribution < -0.4 is 5.32 Å². The zero-order valence-electron chi connectivity index (χ0n) is 14.2. The van der Waals surface area contributed by atoms with E-state index in [0.29, 0.717) is 24.7 Å². The Morgan fingerprint density at radius 2 is 1.92 bits per heavy atom. The van der Waals surface area contributed by atoms with E-state index in [-0.39, 0.29) is 11.3 Å². The second-order valence-electron chi connectivity index (χ2n) is 8.18. The van der Waals surface area contributed by atoms with Crippen LogP contribution in [0.2, 0.25) is 0 Å². The van der Waals surface area contributed by atoms with Gasteiger partial charge in [0.15, 0.2) is 0 Å². The van der Waals surface area contributed by atoms with Crippen LogP contribution in [0.25, 0.3) is 10.8 Å². The Morgan fingerprint density at radius 1 is 1.20 bits per heavy atom. The predicted molar refractivity (Wildman–Crippen MR) is 94.9 cm³/mol. The van der Waals surface area contributed by atoms with Gasteiger partial charge in [-0.2, -0.15) is 0 Å². The van der Waals surface area contributed by atoms with Gasteiger partial charge in [-0.25, -0.2) is 0 Å². The second-order valence-corrected chi connectivity index (χ2v) is 9.13. The van der Waals surface area contributed by atoms with E-state index in [4.69, 9.17) is 4.42 Å². The van der Waals surface area contributed by atoms with Gasteiger partial charge in [-0.3, -0.25) is 4.79 Å². The van der Waals surface area contributed by atoms with Crippen molar-refractivity contribution in [3.63, 3.8) is 0 Å². The summed E-state index contributed by atoms with van der Waals surface area (Å²) in [6.07, 6.45) is 7.99. The summed E-state index contributed by atoms with van der Waals surface area (Å²) >= 11 is 1.58. The van der Waals surface area contributed by atoms with Gasteiger partial charge < -0.3 is 9.73 Å². The summed E-state index contributed by atoms with van der Waals surface area (Å²) in [6, 6.07) is 3.94. The van der Waals surface area contributed by atoms with E-state index < -0.39 is 0 Å². The molecule has 25 heavy (non-hydrogen) atoms. The summed E-state index contributed by atoms with van der Waals surface area (Å²) in [5.74, 6) is 3.81. The van der Waals surface area contributed by atoms with Crippen molar-refractivity contribution >= 4 is 17.2 Å². The number of nitrogens with zero attached hydrogens (tertiary/aromatic N) is 2. The summed E-state index contributed by atoms with van der Waals surface area (Å²) in [5, 5.41) is 13.4. The SMILES string of the molecule is O=C(NCCc1nnc(-c2cccs2)o1)C12CC3CC(CC(C3)C1)C2. The molecule has 2 heterocycles. The molecule has 0 spiro atoms. The number of carbonyl (C=O) groups is 1. The molecular weight excluding hydrogens is 334 g/mol. The molecule has 2 aromatic heterocycles. The molecule has 0 saturated heterocycles. The Labute approximate surface area is 151 Å². The molecule has 6 rings (SSSR count). The molecule has 0 atom stereocenters. The number of thiophene rings is 1. The van der Waals surface area contributed by atoms with Crippen LogP contribution in [0.15, 0.2) is 21.9 Å². The maximum absolute atomic E-state index is 12.9. The van der Waals surface area contributed by atoms with Gasteiger partial charge in [0.1, 0.15) is 0 Å². The quantitative estimate of drug-likeness (QED) is 0.886. The summed E-state index contributed by atoms with van der Waals surface area (Å²) in [4.78, 5) is 13.9. The third kappa shape index (κ3) is 2.80. The fourth-order valence-electron chi connectivity index (χ4n) is 5.71. The highest BCUT2D eigenvalue weighted by Crippen LogP contribution is 2.60. The van der Waals surface area contributed by atoms with Gasteiger partial charge in [0.05, 0.1) is 4.88 Å². The number of hydrogen-bond acceptors (Lipinski definition) is 5. The van der Waals surface area contributed by atoms with E-state index in [1.807, 2.05) is 17.5 Å². The minimum Gasteiger partial charge on any atom is -0.420 e. The average Bonchev–Trinajstić information content (AvgIpc) is 3.25. The zero-order chi connectivity index (χ0) is 16.9. The van der Waals surface area contributed by atoms with Crippen LogP contribution in [-0.2, 0) is 11.2 Å². The zero-order valence-corrected chi connectivity index (χ0v) is 15.1. The third-order valence-electron chi connectivity index (χ3n) is 6.34. The Balaban J connectivity index is 1.19. The van der Waals surface area contributed by atoms with E-state index in [0.717, 1.165) is 41.9 Å². The van der Waals surface area contributed by atoms with Crippen LogP contribution in [0.4, 0.5) is 0 Å². The van der Waals surface area contributed by atoms with Crippen molar-refractivity contribution in [3.05, 3.63) is 23.4 Å². The van der Waals surface area contributed by atoms with E-state index >= 15 is 0 Å². The van der Waals surface area contributed by atoms with E-state index in [2.05, 4.69) is 15.5 Å². The second kappa shape index (κ2) is 5.94. The Bertz CT molecular complexity index is 732. The van der Waals surface area contributed by atoms with Crippen molar-refractivity contribution in [1.29, 1.82) is 0 Å². The first-order chi connectivity index (χ1) is 12.2. The molecule has 6 heteroatoms. The first kappa shape index (κ1) is 15.6. The monoisotopic (exact) mass is 357 g/mol. The number of hydrogen-bond donors (Lipinski definition) is 1. The van der Waals surface area contributed by atoms with Crippen molar-refractivity contribution < 1.29 is 9.21 Å². The topological polar surface area (TPSA) is 68.0 Å². The summed E-state index contributed by atoms with van der Waals surface area (Å²) in [5.41, 5.74) is -0.0777. The molecule has 2 aromatic rings. The van der Waals surface area contributed by atoms with Crippen LogP contribution >= 0.6 is 11.3 Å². The fraction of sp³-hybridized carbons (Fsp3) is 0.632. The lowest BCUT2D eigenvalue weighted by Gasteiger charge is -2.55. The van der Waals surface area contributed by atoms with Crippen LogP contribution in [0.5, 0.6) is 0 Å². The van der Waals surface area contributed by atoms with Crippen LogP contribution in [0.3, 0.4) is 0 Å². The van der Waals surface area contributed by atoms with Crippen LogP contribution in [-0.4, -0.2) is 22.6 Å². The molecule has 0 radical (unpaired) electrons. The standard InChI is InChI=1S/C19H23N3O2S/c23-18(19-9-12-6-13(10-19)8-14(7-12)11-19)20-4-3-16-21-22-17(24-16)15-2-1-5-25-15/h1-2,5,12-14H,3-4,6-11H2,(H,20,23). The van der Waals surface area contributed by atoms with Crippen molar-refractivity contribution in [2.24, 2.45) is 23.2 Å². The van der Waals surface area contributed by atoms with Gasteiger partial charge in [-0.1, -0.05) is 6.07 Å². The van der Waals surface area contributed by atoms with E-state index in [1.54, 1.807) is 11.3 Å². The van der Waals surface area contributed by atoms with Crippen molar-refractivity contribution in [2.45, 2.75) is 44.9 Å². The Hall–Kier alpha value is -1.69. The maximum Gasteiger partial charge on any atom is 0.257 e. The molecule has 4 aliphatic carbocycles. The number of amides is 1. The lowest BCUT2D eigenvalue weighted by Crippen LogP contribution is -2.53. The van der Waals surface area contributed by atoms with Crippen LogP contribution in [0, 0.1) is 23.2 Å². The smallest absolute Gasteiger partial charge is 0.257 e. The van der Waals surface area contributed by atoms with Gasteiger partial charge in [0, 0.05) is 18.4 Å². The Kier molecular flexibility index (Phi) is 3.69. The first-order valence-electron chi connectivity index (χ1n) is 9.35. The number of rotatable bonds is 5. The predicted octanol–water partition coefficient (Wildman–Crippen LogP) is 3.67. The molecule has 4 aliphatic rings. The number of carbonyl (C=O) groups excluding carboxylic acids is 1. The largest absolute Gasteiger partial charge is 0.420 e. The molecule has 0 aromatic carbocycles. The highest BCUT2D eigenvalue weighted by Gasteiger charge is 2.54. The molecule has 0 unspecified atom stereocenters. The lowest BCUT2D eigenvalue weighted by molar-refractivity contribution is -0.146. The van der Waals surface area contributed by atoms with Gasteiger partial charge in [0.2, 0.25) is 11.8 Å². The van der Waals surface area contributed by atoms with Gasteiger partial charge in [0.25, 0.3) is 5.89 Å². The summed E-state index contributed by atoms with van der Waals surface area (Å²) in [7, 11) is 0. The average molecular weight is 357 g/mol. The fourth-order valence-corrected chi connectivity index (χ4v) is 6.36. The van der Waals surface area contributed by atoms with Crippen molar-refractivity contribution in [3.8, 4) is 10.8 Å². The molecule has 5 nitrogen and oxygen atoms in total. The molecule has 4 fully saturated rings. The Morgan fingerprint density at radius 3 is 2.56 bits per heavy atom. The van der Waals surface area contributed by atoms with Crippen LogP contribution in [0.1, 0.15) is 44.4 Å². The molecule has 1 N–H and O–H groups in total. The normalized spacial score (nSPS) is 32.9. The number of aromatic nitrogens is 2. The first-order valence-corrected chi connectivity index (χ1v) is 10.2. The highest BCUT2D eigenvalue weighted by molar-refractivity contribution is 7.13. The van der Waals surface area contributed by atoms with Gasteiger partial charge in [-0.05, 0) is 67.7 Å².